The molecule has 2 amide bonds. The molecule has 0 aromatic heterocycles. The van der Waals surface area contributed by atoms with Crippen LogP contribution in [0, 0.1) is 5.92 Å². The lowest BCUT2D eigenvalue weighted by molar-refractivity contribution is -0.148. The molecule has 0 saturated heterocycles. The van der Waals surface area contributed by atoms with E-state index in [2.05, 4.69) is 17.2 Å². The zero-order valence-electron chi connectivity index (χ0n) is 37.7. The molecule has 67 heavy (non-hydrogen) atoms. The fourth-order valence-corrected chi connectivity index (χ4v) is 5.59. The maximum Gasteiger partial charge on any atom is 0.412 e. The van der Waals surface area contributed by atoms with Crippen LogP contribution in [0.2, 0.25) is 0 Å². The van der Waals surface area contributed by atoms with Crippen molar-refractivity contribution in [3.05, 3.63) is 143 Å². The molecule has 0 aliphatic rings. The maximum absolute atomic E-state index is 12.8. The number of nitrogens with one attached hydrogen (secondary N) is 2. The van der Waals surface area contributed by atoms with E-state index < -0.39 is 60.2 Å². The van der Waals surface area contributed by atoms with Gasteiger partial charge in [-0.1, -0.05) is 69.0 Å². The topological polar surface area (TPSA) is 234 Å². The lowest BCUT2D eigenvalue weighted by Crippen LogP contribution is -2.26. The Morgan fingerprint density at radius 1 is 0.478 bits per heavy atom. The number of hydrogen-bond donors (Lipinski definition) is 2. The molecule has 4 aromatic carbocycles. The van der Waals surface area contributed by atoms with E-state index in [0.717, 1.165) is 11.1 Å². The summed E-state index contributed by atoms with van der Waals surface area (Å²) in [5.74, 6) is -4.67. The first-order valence-corrected chi connectivity index (χ1v) is 21.0. The van der Waals surface area contributed by atoms with Gasteiger partial charge in [-0.25, -0.2) is 33.6 Å². The Morgan fingerprint density at radius 2 is 0.821 bits per heavy atom. The molecule has 2 N–H and O–H groups in total. The van der Waals surface area contributed by atoms with Crippen molar-refractivity contribution in [2.75, 3.05) is 50.3 Å². The highest BCUT2D eigenvalue weighted by Gasteiger charge is 2.23. The van der Waals surface area contributed by atoms with Crippen LogP contribution in [0.4, 0.5) is 21.0 Å². The third kappa shape index (κ3) is 17.5. The van der Waals surface area contributed by atoms with Crippen LogP contribution in [0.15, 0.2) is 109 Å². The fourth-order valence-electron chi connectivity index (χ4n) is 5.59. The third-order valence-corrected chi connectivity index (χ3v) is 8.99. The van der Waals surface area contributed by atoms with Crippen LogP contribution in [-0.2, 0) is 53.9 Å². The Labute approximate surface area is 386 Å². The summed E-state index contributed by atoms with van der Waals surface area (Å²) in [5, 5.41) is 5.24. The zero-order valence-corrected chi connectivity index (χ0v) is 37.7. The minimum atomic E-state index is -0.852. The van der Waals surface area contributed by atoms with Gasteiger partial charge in [-0.2, -0.15) is 0 Å². The molecule has 4 aromatic rings. The van der Waals surface area contributed by atoms with Gasteiger partial charge in [0.1, 0.15) is 51.8 Å². The second kappa shape index (κ2) is 26.1. The number of anilines is 2. The number of esters is 6. The van der Waals surface area contributed by atoms with Crippen molar-refractivity contribution in [3.8, 4) is 0 Å². The van der Waals surface area contributed by atoms with Crippen LogP contribution in [0.25, 0.3) is 0 Å². The van der Waals surface area contributed by atoms with Crippen molar-refractivity contribution in [2.24, 2.45) is 5.92 Å². The van der Waals surface area contributed by atoms with Gasteiger partial charge in [-0.15, -0.1) is 0 Å². The first-order valence-electron chi connectivity index (χ1n) is 21.0. The highest BCUT2D eigenvalue weighted by Crippen LogP contribution is 2.18. The molecule has 2 unspecified atom stereocenters. The minimum Gasteiger partial charge on any atom is -0.462 e. The van der Waals surface area contributed by atoms with Gasteiger partial charge in [0.15, 0.2) is 0 Å². The highest BCUT2D eigenvalue weighted by molar-refractivity contribution is 6.04. The molecule has 0 bridgehead atoms. The average Bonchev–Trinajstić information content (AvgIpc) is 3.30. The van der Waals surface area contributed by atoms with Crippen molar-refractivity contribution >= 4 is 59.4 Å². The van der Waals surface area contributed by atoms with Crippen molar-refractivity contribution in [3.63, 3.8) is 0 Å². The number of benzene rings is 4. The Hall–Kier alpha value is -8.02. The largest absolute Gasteiger partial charge is 0.462 e. The quantitative estimate of drug-likeness (QED) is 0.0336. The summed E-state index contributed by atoms with van der Waals surface area (Å²) in [6.07, 6.45) is -2.74. The fraction of sp³-hybridized carbons (Fsp3) is 0.306. The summed E-state index contributed by atoms with van der Waals surface area (Å²) in [5.41, 5.74) is 2.72. The van der Waals surface area contributed by atoms with Crippen LogP contribution in [0.5, 0.6) is 0 Å². The molecule has 0 spiro atoms. The average molecular weight is 925 g/mol. The van der Waals surface area contributed by atoms with Gasteiger partial charge in [0.05, 0.1) is 28.2 Å². The molecular formula is C49H52N2O16. The van der Waals surface area contributed by atoms with Crippen LogP contribution in [0.3, 0.4) is 0 Å². The highest BCUT2D eigenvalue weighted by atomic mass is 16.6. The Bertz CT molecular complexity index is 2390. The lowest BCUT2D eigenvalue weighted by atomic mass is 10.0. The standard InChI is InChI=1S/C49H52N2O16/c1-30(2)42(52)60-23-25-62-44(54)38-11-7-9-13-40(38)46(56)64-28-32(5)66-48(58)50-36-19-15-34(16-20-36)27-35-17-21-37(22-18-35)51-49(59)67-33(6)29-65-47(57)41-14-10-8-12-39(41)45(55)63-26-24-61-43(53)31(3)4/h7-22,31-33H,1,23-29H2,2-6H3,(H,50,58)(H,51,59). The molecule has 0 fully saturated rings. The van der Waals surface area contributed by atoms with E-state index in [1.807, 2.05) is 24.3 Å². The summed E-state index contributed by atoms with van der Waals surface area (Å²) >= 11 is 0. The Kier molecular flexibility index (Phi) is 20.1. The maximum atomic E-state index is 12.8. The van der Waals surface area contributed by atoms with Crippen molar-refractivity contribution < 1.29 is 76.3 Å². The first kappa shape index (κ1) is 51.6. The number of ether oxygens (including phenoxy) is 8. The van der Waals surface area contributed by atoms with Gasteiger partial charge in [0, 0.05) is 16.9 Å². The first-order chi connectivity index (χ1) is 32.0. The van der Waals surface area contributed by atoms with E-state index in [4.69, 9.17) is 37.9 Å². The number of rotatable bonds is 22. The van der Waals surface area contributed by atoms with Crippen LogP contribution < -0.4 is 10.6 Å². The second-order valence-corrected chi connectivity index (χ2v) is 15.1. The van der Waals surface area contributed by atoms with Gasteiger partial charge < -0.3 is 37.9 Å². The van der Waals surface area contributed by atoms with Gasteiger partial charge in [-0.3, -0.25) is 15.4 Å². The number of hydrogen-bond acceptors (Lipinski definition) is 16. The van der Waals surface area contributed by atoms with E-state index in [1.54, 1.807) is 62.4 Å². The molecule has 0 heterocycles. The van der Waals surface area contributed by atoms with Gasteiger partial charge in [0.2, 0.25) is 0 Å². The van der Waals surface area contributed by atoms with E-state index in [-0.39, 0.29) is 73.4 Å². The van der Waals surface area contributed by atoms with Crippen molar-refractivity contribution in [2.45, 2.75) is 53.2 Å². The van der Waals surface area contributed by atoms with Gasteiger partial charge in [-0.05, 0) is 86.8 Å². The summed E-state index contributed by atoms with van der Waals surface area (Å²) in [4.78, 5) is 99.1. The van der Waals surface area contributed by atoms with Crippen LogP contribution in [0.1, 0.15) is 87.2 Å². The molecule has 18 heteroatoms. The summed E-state index contributed by atoms with van der Waals surface area (Å²) in [7, 11) is 0. The predicted molar refractivity (Wildman–Crippen MR) is 240 cm³/mol. The van der Waals surface area contributed by atoms with Crippen LogP contribution in [-0.4, -0.2) is 99.9 Å². The number of amides is 2. The third-order valence-electron chi connectivity index (χ3n) is 8.99. The molecule has 0 saturated carbocycles. The van der Waals surface area contributed by atoms with Crippen molar-refractivity contribution in [1.82, 2.24) is 0 Å². The number of carbonyl (C=O) groups excluding carboxylic acids is 8. The summed E-state index contributed by atoms with van der Waals surface area (Å²) in [6, 6.07) is 25.8. The molecule has 0 radical (unpaired) electrons. The van der Waals surface area contributed by atoms with E-state index >= 15 is 0 Å². The van der Waals surface area contributed by atoms with E-state index in [9.17, 15) is 38.4 Å². The lowest BCUT2D eigenvalue weighted by Gasteiger charge is -2.15. The molecule has 2 atom stereocenters. The molecule has 4 rings (SSSR count). The molecular weight excluding hydrogens is 873 g/mol. The van der Waals surface area contributed by atoms with Crippen molar-refractivity contribution in [1.29, 1.82) is 0 Å². The minimum absolute atomic E-state index is 0.0415. The number of carbonyl (C=O) groups is 8. The second-order valence-electron chi connectivity index (χ2n) is 15.1. The summed E-state index contributed by atoms with van der Waals surface area (Å²) < 4.78 is 41.4. The van der Waals surface area contributed by atoms with Crippen LogP contribution >= 0.6 is 0 Å². The monoisotopic (exact) mass is 924 g/mol. The van der Waals surface area contributed by atoms with Gasteiger partial charge in [0.25, 0.3) is 0 Å². The smallest absolute Gasteiger partial charge is 0.412 e. The predicted octanol–water partition coefficient (Wildman–Crippen LogP) is 7.50. The molecule has 0 aliphatic carbocycles. The Morgan fingerprint density at radius 3 is 1.18 bits per heavy atom. The Balaban J connectivity index is 1.15. The normalized spacial score (nSPS) is 11.4. The van der Waals surface area contributed by atoms with E-state index in [0.29, 0.717) is 17.8 Å². The molecule has 354 valence electrons. The molecule has 18 nitrogen and oxygen atoms in total. The molecule has 0 aliphatic heterocycles. The summed E-state index contributed by atoms with van der Waals surface area (Å²) in [6.45, 7) is 9.99. The zero-order chi connectivity index (χ0) is 48.9. The SMILES string of the molecule is C=C(C)C(=O)OCCOC(=O)c1ccccc1C(=O)OCC(C)OC(=O)Nc1ccc(Cc2ccc(NC(=O)OC(C)COC(=O)c3ccccc3C(=O)OCCOC(=O)C(C)C)cc2)cc1. The van der Waals surface area contributed by atoms with E-state index in [1.165, 1.54) is 45.0 Å². The van der Waals surface area contributed by atoms with Gasteiger partial charge >= 0.3 is 48.0 Å².